The largest absolute Gasteiger partial charge is 0.349 e. The van der Waals surface area contributed by atoms with Crippen molar-refractivity contribution in [1.29, 1.82) is 0 Å². The average molecular weight is 242 g/mol. The first-order chi connectivity index (χ1) is 7.94. The molecule has 17 heavy (non-hydrogen) atoms. The molecule has 0 saturated carbocycles. The van der Waals surface area contributed by atoms with Crippen molar-refractivity contribution >= 4 is 5.78 Å². The summed E-state index contributed by atoms with van der Waals surface area (Å²) < 4.78 is 22.5. The Balaban J connectivity index is 2.29. The van der Waals surface area contributed by atoms with Crippen LogP contribution >= 0.6 is 0 Å². The minimum absolute atomic E-state index is 0.0364. The number of carbonyl (C=O) groups excluding carboxylic acids is 1. The van der Waals surface area contributed by atoms with Crippen molar-refractivity contribution < 1.29 is 23.7 Å². The van der Waals surface area contributed by atoms with E-state index in [1.54, 1.807) is 27.0 Å². The predicted octanol–water partition coefficient (Wildman–Crippen LogP) is 1.02. The van der Waals surface area contributed by atoms with Crippen LogP contribution in [0.25, 0.3) is 0 Å². The summed E-state index contributed by atoms with van der Waals surface area (Å²) in [5, 5.41) is 0. The Hall–Kier alpha value is -0.750. The van der Waals surface area contributed by atoms with E-state index in [0.717, 1.165) is 0 Å². The van der Waals surface area contributed by atoms with Crippen molar-refractivity contribution in [2.75, 3.05) is 14.2 Å². The quantitative estimate of drug-likeness (QED) is 0.723. The molecule has 0 aromatic rings. The molecule has 0 N–H and O–H groups in total. The number of hydrogen-bond donors (Lipinski definition) is 0. The molecule has 2 aliphatic rings. The molecule has 1 saturated heterocycles. The van der Waals surface area contributed by atoms with Crippen molar-refractivity contribution in [1.82, 2.24) is 0 Å². The average Bonchev–Trinajstić information content (AvgIpc) is 2.31. The molecule has 0 radical (unpaired) electrons. The number of allylic oxidation sites excluding steroid dienone is 1. The van der Waals surface area contributed by atoms with Crippen LogP contribution in [0.3, 0.4) is 0 Å². The summed E-state index contributed by atoms with van der Waals surface area (Å²) in [4.78, 5) is 11.4. The second-order valence-electron chi connectivity index (χ2n) is 4.57. The highest BCUT2D eigenvalue weighted by atomic mass is 16.8. The van der Waals surface area contributed by atoms with Gasteiger partial charge in [-0.1, -0.05) is 0 Å². The maximum Gasteiger partial charge on any atom is 0.220 e. The molecule has 4 unspecified atom stereocenters. The highest BCUT2D eigenvalue weighted by Crippen LogP contribution is 2.41. The highest BCUT2D eigenvalue weighted by molar-refractivity contribution is 5.91. The third-order valence-corrected chi connectivity index (χ3v) is 3.58. The van der Waals surface area contributed by atoms with E-state index in [-0.39, 0.29) is 18.0 Å². The Morgan fingerprint density at radius 3 is 2.41 bits per heavy atom. The molecular weight excluding hydrogens is 224 g/mol. The van der Waals surface area contributed by atoms with Gasteiger partial charge in [-0.05, 0) is 26.0 Å². The molecular formula is C12H18O5. The van der Waals surface area contributed by atoms with Gasteiger partial charge in [0.25, 0.3) is 0 Å². The second kappa shape index (κ2) is 4.17. The molecule has 0 amide bonds. The fourth-order valence-electron chi connectivity index (χ4n) is 2.16. The number of ketones is 1. The summed E-state index contributed by atoms with van der Waals surface area (Å²) in [6, 6.07) is 0. The van der Waals surface area contributed by atoms with E-state index in [4.69, 9.17) is 18.9 Å². The minimum Gasteiger partial charge on any atom is -0.349 e. The lowest BCUT2D eigenvalue weighted by Crippen LogP contribution is -2.65. The van der Waals surface area contributed by atoms with Crippen molar-refractivity contribution in [3.63, 3.8) is 0 Å². The fraction of sp³-hybridized carbons (Fsp3) is 0.750. The lowest BCUT2D eigenvalue weighted by Gasteiger charge is -2.52. The zero-order valence-corrected chi connectivity index (χ0v) is 10.6. The van der Waals surface area contributed by atoms with Crippen molar-refractivity contribution in [2.24, 2.45) is 0 Å². The number of rotatable bonds is 2. The number of methoxy groups -OCH3 is 2. The Labute approximate surface area is 101 Å². The van der Waals surface area contributed by atoms with Gasteiger partial charge in [0.15, 0.2) is 5.78 Å². The highest BCUT2D eigenvalue weighted by Gasteiger charge is 2.56. The standard InChI is InChI=1S/C12H18O5/c1-11(14-3)12(2,15-4)17-10-7-8(13)5-6-9(10)16-11/h5-6,9-10H,7H2,1-4H3. The van der Waals surface area contributed by atoms with Crippen LogP contribution in [0.2, 0.25) is 0 Å². The van der Waals surface area contributed by atoms with E-state index >= 15 is 0 Å². The Kier molecular flexibility index (Phi) is 3.12. The van der Waals surface area contributed by atoms with E-state index in [0.29, 0.717) is 6.42 Å². The monoisotopic (exact) mass is 242 g/mol. The van der Waals surface area contributed by atoms with Crippen LogP contribution in [-0.4, -0.2) is 43.8 Å². The number of ether oxygens (including phenoxy) is 4. The van der Waals surface area contributed by atoms with Gasteiger partial charge in [-0.15, -0.1) is 0 Å². The molecule has 0 aromatic heterocycles. The third-order valence-electron chi connectivity index (χ3n) is 3.58. The molecule has 1 fully saturated rings. The number of fused-ring (bicyclic) bond motifs is 1. The fourth-order valence-corrected chi connectivity index (χ4v) is 2.16. The molecule has 1 aliphatic carbocycles. The van der Waals surface area contributed by atoms with Crippen LogP contribution in [-0.2, 0) is 23.7 Å². The Morgan fingerprint density at radius 1 is 1.24 bits per heavy atom. The molecule has 0 aromatic carbocycles. The first kappa shape index (κ1) is 12.7. The van der Waals surface area contributed by atoms with E-state index in [1.807, 2.05) is 0 Å². The van der Waals surface area contributed by atoms with Gasteiger partial charge in [-0.3, -0.25) is 4.79 Å². The van der Waals surface area contributed by atoms with E-state index in [2.05, 4.69) is 0 Å². The van der Waals surface area contributed by atoms with Crippen LogP contribution in [0.4, 0.5) is 0 Å². The van der Waals surface area contributed by atoms with Crippen molar-refractivity contribution in [3.8, 4) is 0 Å². The lowest BCUT2D eigenvalue weighted by molar-refractivity contribution is -0.442. The third kappa shape index (κ3) is 1.93. The summed E-state index contributed by atoms with van der Waals surface area (Å²) in [5.41, 5.74) is 0. The van der Waals surface area contributed by atoms with Crippen molar-refractivity contribution in [3.05, 3.63) is 12.2 Å². The predicted molar refractivity (Wildman–Crippen MR) is 59.3 cm³/mol. The molecule has 2 rings (SSSR count). The van der Waals surface area contributed by atoms with Crippen LogP contribution < -0.4 is 0 Å². The van der Waals surface area contributed by atoms with Gasteiger partial charge in [-0.25, -0.2) is 0 Å². The van der Waals surface area contributed by atoms with Gasteiger partial charge in [-0.2, -0.15) is 0 Å². The normalized spacial score (nSPS) is 45.8. The van der Waals surface area contributed by atoms with Gasteiger partial charge in [0.05, 0.1) is 6.10 Å². The zero-order chi connectivity index (χ0) is 12.7. The summed E-state index contributed by atoms with van der Waals surface area (Å²) >= 11 is 0. The van der Waals surface area contributed by atoms with Gasteiger partial charge in [0.1, 0.15) is 6.10 Å². The first-order valence-corrected chi connectivity index (χ1v) is 5.61. The zero-order valence-electron chi connectivity index (χ0n) is 10.6. The molecule has 1 heterocycles. The van der Waals surface area contributed by atoms with Gasteiger partial charge < -0.3 is 18.9 Å². The smallest absolute Gasteiger partial charge is 0.220 e. The Morgan fingerprint density at radius 2 is 1.82 bits per heavy atom. The van der Waals surface area contributed by atoms with Gasteiger partial charge in [0, 0.05) is 20.6 Å². The van der Waals surface area contributed by atoms with Crippen LogP contribution in [0.5, 0.6) is 0 Å². The summed E-state index contributed by atoms with van der Waals surface area (Å²) in [7, 11) is 3.07. The molecule has 5 nitrogen and oxygen atoms in total. The molecule has 0 spiro atoms. The summed E-state index contributed by atoms with van der Waals surface area (Å²) in [6.07, 6.45) is 2.94. The lowest BCUT2D eigenvalue weighted by atomic mass is 9.96. The Bertz CT molecular complexity index is 353. The van der Waals surface area contributed by atoms with Crippen LogP contribution in [0, 0.1) is 0 Å². The molecule has 5 heteroatoms. The van der Waals surface area contributed by atoms with E-state index < -0.39 is 11.6 Å². The van der Waals surface area contributed by atoms with Crippen LogP contribution in [0.15, 0.2) is 12.2 Å². The molecule has 0 bridgehead atoms. The first-order valence-electron chi connectivity index (χ1n) is 5.61. The number of carbonyl (C=O) groups is 1. The topological polar surface area (TPSA) is 54.0 Å². The van der Waals surface area contributed by atoms with E-state index in [1.165, 1.54) is 13.2 Å². The molecule has 1 aliphatic heterocycles. The maximum absolute atomic E-state index is 11.4. The van der Waals surface area contributed by atoms with Crippen LogP contribution in [0.1, 0.15) is 20.3 Å². The molecule has 96 valence electrons. The summed E-state index contributed by atoms with van der Waals surface area (Å²) in [6.45, 7) is 3.51. The van der Waals surface area contributed by atoms with E-state index in [9.17, 15) is 4.79 Å². The minimum atomic E-state index is -1.03. The van der Waals surface area contributed by atoms with Gasteiger partial charge >= 0.3 is 0 Å². The summed E-state index contributed by atoms with van der Waals surface area (Å²) in [5.74, 6) is -2.00. The SMILES string of the molecule is COC1(C)OC2C=CC(=O)CC2OC1(C)OC. The molecule has 4 atom stereocenters. The second-order valence-corrected chi connectivity index (χ2v) is 4.57. The maximum atomic E-state index is 11.4. The van der Waals surface area contributed by atoms with Gasteiger partial charge in [0.2, 0.25) is 11.6 Å². The van der Waals surface area contributed by atoms with Crippen molar-refractivity contribution in [2.45, 2.75) is 44.1 Å². The number of hydrogen-bond acceptors (Lipinski definition) is 5.